The molecule has 0 aliphatic heterocycles. The van der Waals surface area contributed by atoms with Gasteiger partial charge in [-0.1, -0.05) is 29.8 Å². The van der Waals surface area contributed by atoms with E-state index in [4.69, 9.17) is 22.1 Å². The molecule has 100 valence electrons. The minimum absolute atomic E-state index is 0.0349. The Morgan fingerprint density at radius 1 is 1.05 bits per heavy atom. The Bertz CT molecular complexity index is 593. The Labute approximate surface area is 119 Å². The zero-order valence-corrected chi connectivity index (χ0v) is 12.2. The molecule has 0 saturated carbocycles. The third-order valence-corrected chi connectivity index (χ3v) is 3.34. The third-order valence-electron chi connectivity index (χ3n) is 3.05. The van der Waals surface area contributed by atoms with E-state index in [9.17, 15) is 0 Å². The lowest BCUT2D eigenvalue weighted by Crippen LogP contribution is -2.04. The van der Waals surface area contributed by atoms with Crippen LogP contribution in [0.4, 0.5) is 0 Å². The minimum Gasteiger partial charge on any atom is -0.456 e. The van der Waals surface area contributed by atoms with Gasteiger partial charge in [0.05, 0.1) is 5.02 Å². The lowest BCUT2D eigenvalue weighted by Gasteiger charge is -2.13. The lowest BCUT2D eigenvalue weighted by molar-refractivity contribution is 0.478. The van der Waals surface area contributed by atoms with Crippen molar-refractivity contribution < 1.29 is 4.74 Å². The van der Waals surface area contributed by atoms with Gasteiger partial charge >= 0.3 is 0 Å². The van der Waals surface area contributed by atoms with E-state index in [1.54, 1.807) is 0 Å². The number of halogens is 1. The summed E-state index contributed by atoms with van der Waals surface area (Å²) < 4.78 is 5.88. The van der Waals surface area contributed by atoms with Crippen molar-refractivity contribution in [3.8, 4) is 11.5 Å². The Balaban J connectivity index is 2.31. The molecule has 0 fully saturated rings. The molecule has 0 bridgehead atoms. The maximum absolute atomic E-state index is 6.23. The highest BCUT2D eigenvalue weighted by molar-refractivity contribution is 6.32. The number of hydrogen-bond donors (Lipinski definition) is 1. The molecule has 2 nitrogen and oxygen atoms in total. The molecule has 2 aromatic carbocycles. The van der Waals surface area contributed by atoms with E-state index in [-0.39, 0.29) is 6.04 Å². The van der Waals surface area contributed by atoms with Gasteiger partial charge in [-0.25, -0.2) is 0 Å². The van der Waals surface area contributed by atoms with Crippen LogP contribution in [0, 0.1) is 13.8 Å². The summed E-state index contributed by atoms with van der Waals surface area (Å²) in [5.74, 6) is 1.48. The van der Waals surface area contributed by atoms with Gasteiger partial charge < -0.3 is 10.5 Å². The Kier molecular flexibility index (Phi) is 4.13. The molecular weight excluding hydrogens is 258 g/mol. The van der Waals surface area contributed by atoms with Crippen molar-refractivity contribution in [2.75, 3.05) is 0 Å². The summed E-state index contributed by atoms with van der Waals surface area (Å²) in [5, 5.41) is 0.579. The summed E-state index contributed by atoms with van der Waals surface area (Å²) in [6, 6.07) is 11.7. The van der Waals surface area contributed by atoms with Crippen molar-refractivity contribution >= 4 is 11.6 Å². The molecule has 0 heterocycles. The molecule has 2 aromatic rings. The van der Waals surface area contributed by atoms with Gasteiger partial charge in [-0.3, -0.25) is 0 Å². The standard InChI is InChI=1S/C16H18ClNO/c1-10-4-5-11(2)16(8-10)19-15-7-6-13(12(3)18)9-14(15)17/h4-9,12H,18H2,1-3H3/t12-/m1/s1. The molecule has 3 heteroatoms. The van der Waals surface area contributed by atoms with E-state index in [2.05, 4.69) is 6.07 Å². The fraction of sp³-hybridized carbons (Fsp3) is 0.250. The monoisotopic (exact) mass is 275 g/mol. The third kappa shape index (κ3) is 3.28. The normalized spacial score (nSPS) is 12.3. The second-order valence-corrected chi connectivity index (χ2v) is 5.26. The predicted molar refractivity (Wildman–Crippen MR) is 80.0 cm³/mol. The minimum atomic E-state index is -0.0349. The Morgan fingerprint density at radius 3 is 2.42 bits per heavy atom. The average Bonchev–Trinajstić information content (AvgIpc) is 2.36. The van der Waals surface area contributed by atoms with Crippen LogP contribution < -0.4 is 10.5 Å². The zero-order chi connectivity index (χ0) is 14.0. The number of nitrogens with two attached hydrogens (primary N) is 1. The molecule has 0 radical (unpaired) electrons. The van der Waals surface area contributed by atoms with Crippen LogP contribution in [0.15, 0.2) is 36.4 Å². The SMILES string of the molecule is Cc1ccc(C)c(Oc2ccc([C@@H](C)N)cc2Cl)c1. The average molecular weight is 276 g/mol. The largest absolute Gasteiger partial charge is 0.456 e. The van der Waals surface area contributed by atoms with Crippen molar-refractivity contribution in [3.63, 3.8) is 0 Å². The highest BCUT2D eigenvalue weighted by atomic mass is 35.5. The van der Waals surface area contributed by atoms with Crippen molar-refractivity contribution in [2.24, 2.45) is 5.73 Å². The Morgan fingerprint density at radius 2 is 1.79 bits per heavy atom. The van der Waals surface area contributed by atoms with Crippen LogP contribution >= 0.6 is 11.6 Å². The molecule has 0 spiro atoms. The van der Waals surface area contributed by atoms with Crippen molar-refractivity contribution in [3.05, 3.63) is 58.1 Å². The first-order chi connectivity index (χ1) is 8.97. The fourth-order valence-electron chi connectivity index (χ4n) is 1.82. The van der Waals surface area contributed by atoms with Gasteiger partial charge in [-0.05, 0) is 55.7 Å². The quantitative estimate of drug-likeness (QED) is 0.876. The van der Waals surface area contributed by atoms with E-state index in [1.165, 1.54) is 0 Å². The summed E-state index contributed by atoms with van der Waals surface area (Å²) in [4.78, 5) is 0. The topological polar surface area (TPSA) is 35.2 Å². The van der Waals surface area contributed by atoms with Gasteiger partial charge in [-0.15, -0.1) is 0 Å². The van der Waals surface area contributed by atoms with Crippen molar-refractivity contribution in [1.82, 2.24) is 0 Å². The summed E-state index contributed by atoms with van der Waals surface area (Å²) in [6.07, 6.45) is 0. The van der Waals surface area contributed by atoms with Gasteiger partial charge in [0.2, 0.25) is 0 Å². The molecule has 1 atom stereocenters. The number of hydrogen-bond acceptors (Lipinski definition) is 2. The van der Waals surface area contributed by atoms with Crippen LogP contribution in [0.2, 0.25) is 5.02 Å². The second kappa shape index (κ2) is 5.64. The summed E-state index contributed by atoms with van der Waals surface area (Å²) in [6.45, 7) is 5.98. The molecule has 0 aromatic heterocycles. The molecule has 0 aliphatic rings. The van der Waals surface area contributed by atoms with Crippen LogP contribution in [0.3, 0.4) is 0 Å². The molecule has 0 saturated heterocycles. The van der Waals surface area contributed by atoms with Crippen LogP contribution in [0.25, 0.3) is 0 Å². The van der Waals surface area contributed by atoms with E-state index >= 15 is 0 Å². The maximum atomic E-state index is 6.23. The second-order valence-electron chi connectivity index (χ2n) is 4.85. The van der Waals surface area contributed by atoms with Gasteiger partial charge in [0.25, 0.3) is 0 Å². The molecule has 0 unspecified atom stereocenters. The van der Waals surface area contributed by atoms with Crippen LogP contribution in [-0.2, 0) is 0 Å². The van der Waals surface area contributed by atoms with Gasteiger partial charge in [0.1, 0.15) is 11.5 Å². The summed E-state index contributed by atoms with van der Waals surface area (Å²) in [5.41, 5.74) is 9.07. The number of aryl methyl sites for hydroxylation is 2. The first kappa shape index (κ1) is 13.9. The van der Waals surface area contributed by atoms with Crippen molar-refractivity contribution in [1.29, 1.82) is 0 Å². The highest BCUT2D eigenvalue weighted by Crippen LogP contribution is 2.33. The van der Waals surface area contributed by atoms with Crippen LogP contribution in [0.1, 0.15) is 29.7 Å². The van der Waals surface area contributed by atoms with E-state index in [1.807, 2.05) is 51.1 Å². The van der Waals surface area contributed by atoms with E-state index < -0.39 is 0 Å². The van der Waals surface area contributed by atoms with E-state index in [0.29, 0.717) is 10.8 Å². The smallest absolute Gasteiger partial charge is 0.146 e. The first-order valence-corrected chi connectivity index (χ1v) is 6.65. The van der Waals surface area contributed by atoms with Gasteiger partial charge in [0.15, 0.2) is 0 Å². The molecule has 0 aliphatic carbocycles. The van der Waals surface area contributed by atoms with Crippen LogP contribution in [0.5, 0.6) is 11.5 Å². The first-order valence-electron chi connectivity index (χ1n) is 6.27. The fourth-order valence-corrected chi connectivity index (χ4v) is 2.05. The van der Waals surface area contributed by atoms with Crippen molar-refractivity contribution in [2.45, 2.75) is 26.8 Å². The Hall–Kier alpha value is -1.51. The number of benzene rings is 2. The maximum Gasteiger partial charge on any atom is 0.146 e. The predicted octanol–water partition coefficient (Wildman–Crippen LogP) is 4.77. The molecule has 2 N–H and O–H groups in total. The van der Waals surface area contributed by atoms with Crippen LogP contribution in [-0.4, -0.2) is 0 Å². The summed E-state index contributed by atoms with van der Waals surface area (Å²) in [7, 11) is 0. The van der Waals surface area contributed by atoms with Gasteiger partial charge in [-0.2, -0.15) is 0 Å². The van der Waals surface area contributed by atoms with E-state index in [0.717, 1.165) is 22.4 Å². The number of rotatable bonds is 3. The highest BCUT2D eigenvalue weighted by Gasteiger charge is 2.08. The molecule has 19 heavy (non-hydrogen) atoms. The van der Waals surface area contributed by atoms with Gasteiger partial charge in [0, 0.05) is 6.04 Å². The lowest BCUT2D eigenvalue weighted by atomic mass is 10.1. The molecule has 0 amide bonds. The molecule has 2 rings (SSSR count). The number of ether oxygens (including phenoxy) is 1. The molecular formula is C16H18ClNO. The zero-order valence-electron chi connectivity index (χ0n) is 11.4. The summed E-state index contributed by atoms with van der Waals surface area (Å²) >= 11 is 6.23.